The molecule has 204 valence electrons. The maximum absolute atomic E-state index is 13.3. The Hall–Kier alpha value is -1.31. The fourth-order valence-corrected chi connectivity index (χ4v) is 5.41. The number of nitrogens with two attached hydrogens (primary N) is 1. The van der Waals surface area contributed by atoms with Gasteiger partial charge in [0.15, 0.2) is 0 Å². The van der Waals surface area contributed by atoms with Crippen LogP contribution in [-0.2, 0) is 0 Å². The molecule has 2 aromatic rings. The fourth-order valence-electron chi connectivity index (χ4n) is 5.41. The number of amides is 1. The molecule has 0 spiro atoms. The molecule has 2 aliphatic rings. The zero-order chi connectivity index (χ0) is 23.2. The summed E-state index contributed by atoms with van der Waals surface area (Å²) >= 11 is 0. The van der Waals surface area contributed by atoms with Gasteiger partial charge in [-0.15, -0.1) is 37.2 Å². The van der Waals surface area contributed by atoms with E-state index >= 15 is 0 Å². The van der Waals surface area contributed by atoms with E-state index in [1.54, 1.807) is 0 Å². The smallest absolute Gasteiger partial charge is 0.252 e. The van der Waals surface area contributed by atoms with E-state index in [2.05, 4.69) is 29.2 Å². The number of nitrogens with zero attached hydrogens (tertiary/aromatic N) is 3. The molecule has 1 aliphatic carbocycles. The van der Waals surface area contributed by atoms with E-state index in [-0.39, 0.29) is 43.1 Å². The third-order valence-corrected chi connectivity index (χ3v) is 7.72. The van der Waals surface area contributed by atoms with E-state index in [9.17, 15) is 4.79 Å². The van der Waals surface area contributed by atoms with Gasteiger partial charge in [0.2, 0.25) is 0 Å². The Balaban J connectivity index is 0.00000216. The lowest BCUT2D eigenvalue weighted by molar-refractivity contribution is 0.0943. The molecule has 1 aromatic carbocycles. The van der Waals surface area contributed by atoms with Crippen molar-refractivity contribution in [3.63, 3.8) is 0 Å². The van der Waals surface area contributed by atoms with E-state index in [0.717, 1.165) is 73.8 Å². The maximum Gasteiger partial charge on any atom is 0.252 e. The minimum absolute atomic E-state index is 0. The molecular weight excluding hydrogens is 517 g/mol. The summed E-state index contributed by atoms with van der Waals surface area (Å²) in [5, 5.41) is 4.17. The molecular formula is C27H44Cl3N5O. The van der Waals surface area contributed by atoms with E-state index in [1.807, 2.05) is 30.3 Å². The van der Waals surface area contributed by atoms with Crippen LogP contribution in [0.1, 0.15) is 55.3 Å². The van der Waals surface area contributed by atoms with Gasteiger partial charge < -0.3 is 20.9 Å². The molecule has 0 bridgehead atoms. The molecule has 0 radical (unpaired) electrons. The van der Waals surface area contributed by atoms with Crippen LogP contribution in [0.25, 0.3) is 10.9 Å². The largest absolute Gasteiger partial charge is 0.357 e. The summed E-state index contributed by atoms with van der Waals surface area (Å²) in [6.45, 7) is 4.71. The number of fused-ring (bicyclic) bond motifs is 1. The summed E-state index contributed by atoms with van der Waals surface area (Å²) in [6.07, 6.45) is 8.33. The molecule has 6 nitrogen and oxygen atoms in total. The first-order valence-electron chi connectivity index (χ1n) is 12.8. The summed E-state index contributed by atoms with van der Waals surface area (Å²) in [4.78, 5) is 22.8. The predicted octanol–water partition coefficient (Wildman–Crippen LogP) is 5.16. The van der Waals surface area contributed by atoms with Gasteiger partial charge in [0, 0.05) is 25.0 Å². The zero-order valence-corrected chi connectivity index (χ0v) is 24.1. The quantitative estimate of drug-likeness (QED) is 0.466. The molecule has 36 heavy (non-hydrogen) atoms. The first kappa shape index (κ1) is 32.7. The van der Waals surface area contributed by atoms with Gasteiger partial charge in [-0.3, -0.25) is 4.79 Å². The van der Waals surface area contributed by atoms with Crippen LogP contribution in [0.4, 0.5) is 5.82 Å². The molecule has 1 aromatic heterocycles. The van der Waals surface area contributed by atoms with Crippen LogP contribution in [0.5, 0.6) is 0 Å². The number of pyridine rings is 1. The summed E-state index contributed by atoms with van der Waals surface area (Å²) in [5.74, 6) is 2.97. The average molecular weight is 561 g/mol. The molecule has 0 atom stereocenters. The summed E-state index contributed by atoms with van der Waals surface area (Å²) in [6, 6.07) is 10.0. The van der Waals surface area contributed by atoms with Crippen LogP contribution in [0.3, 0.4) is 0 Å². The van der Waals surface area contributed by atoms with E-state index in [0.29, 0.717) is 11.8 Å². The van der Waals surface area contributed by atoms with Crippen LogP contribution in [0.15, 0.2) is 30.3 Å². The molecule has 1 saturated heterocycles. The minimum Gasteiger partial charge on any atom is -0.357 e. The fraction of sp³-hybridized carbons (Fsp3) is 0.630. The molecule has 9 heteroatoms. The highest BCUT2D eigenvalue weighted by Crippen LogP contribution is 2.29. The monoisotopic (exact) mass is 559 g/mol. The van der Waals surface area contributed by atoms with Crippen LogP contribution in [0, 0.1) is 17.8 Å². The topological polar surface area (TPSA) is 74.5 Å². The summed E-state index contributed by atoms with van der Waals surface area (Å²) < 4.78 is 0. The standard InChI is InChI=1S/C27H41N5O.3ClH/c1-31(2)14-11-20-12-15-32(16-13-20)26-17-24(23-5-3-4-6-25(23)30-26)27(33)29-19-22-9-7-21(18-28)8-10-22;;;/h3-6,17,20-22H,7-16,18-19,28H2,1-2H3,(H,29,33);3*1H/t21-,22-;;;. The van der Waals surface area contributed by atoms with Crippen molar-refractivity contribution in [1.82, 2.24) is 15.2 Å². The van der Waals surface area contributed by atoms with Gasteiger partial charge in [-0.25, -0.2) is 4.98 Å². The molecule has 2 fully saturated rings. The highest BCUT2D eigenvalue weighted by atomic mass is 35.5. The lowest BCUT2D eigenvalue weighted by atomic mass is 9.82. The average Bonchev–Trinajstić information content (AvgIpc) is 2.86. The van der Waals surface area contributed by atoms with Crippen LogP contribution >= 0.6 is 37.2 Å². The zero-order valence-electron chi connectivity index (χ0n) is 21.7. The minimum atomic E-state index is 0. The lowest BCUT2D eigenvalue weighted by Gasteiger charge is -2.33. The van der Waals surface area contributed by atoms with Crippen LogP contribution in [0.2, 0.25) is 0 Å². The van der Waals surface area contributed by atoms with Crippen molar-refractivity contribution in [2.45, 2.75) is 44.9 Å². The Labute approximate surface area is 235 Å². The number of piperidine rings is 1. The van der Waals surface area contributed by atoms with Crippen LogP contribution in [-0.4, -0.2) is 62.6 Å². The Morgan fingerprint density at radius 3 is 2.28 bits per heavy atom. The highest BCUT2D eigenvalue weighted by Gasteiger charge is 2.24. The van der Waals surface area contributed by atoms with E-state index in [1.165, 1.54) is 32.1 Å². The number of carbonyl (C=O) groups is 1. The second-order valence-corrected chi connectivity index (χ2v) is 10.4. The van der Waals surface area contributed by atoms with Crippen molar-refractivity contribution in [2.75, 3.05) is 51.7 Å². The molecule has 2 heterocycles. The van der Waals surface area contributed by atoms with Gasteiger partial charge in [0.05, 0.1) is 11.1 Å². The Morgan fingerprint density at radius 2 is 1.64 bits per heavy atom. The number of nitrogens with one attached hydrogen (secondary N) is 1. The molecule has 1 saturated carbocycles. The number of hydrogen-bond acceptors (Lipinski definition) is 5. The summed E-state index contributed by atoms with van der Waals surface area (Å²) in [5.41, 5.74) is 7.48. The SMILES string of the molecule is CN(C)CCC1CCN(c2cc(C(=O)NC[C@H]3CC[C@H](CN)CC3)c3ccccc3n2)CC1.Cl.Cl.Cl. The van der Waals surface area contributed by atoms with Gasteiger partial charge in [0.1, 0.15) is 5.82 Å². The number of rotatable bonds is 8. The van der Waals surface area contributed by atoms with Crippen molar-refractivity contribution in [3.8, 4) is 0 Å². The number of carbonyl (C=O) groups excluding carboxylic acids is 1. The second-order valence-electron chi connectivity index (χ2n) is 10.4. The van der Waals surface area contributed by atoms with Gasteiger partial charge >= 0.3 is 0 Å². The van der Waals surface area contributed by atoms with E-state index in [4.69, 9.17) is 10.7 Å². The first-order valence-corrected chi connectivity index (χ1v) is 12.8. The van der Waals surface area contributed by atoms with Crippen molar-refractivity contribution in [1.29, 1.82) is 0 Å². The van der Waals surface area contributed by atoms with Crippen molar-refractivity contribution < 1.29 is 4.79 Å². The van der Waals surface area contributed by atoms with E-state index < -0.39 is 0 Å². The third-order valence-electron chi connectivity index (χ3n) is 7.72. The first-order chi connectivity index (χ1) is 16.0. The normalized spacial score (nSPS) is 20.3. The van der Waals surface area contributed by atoms with Crippen molar-refractivity contribution >= 4 is 59.8 Å². The number of halogens is 3. The van der Waals surface area contributed by atoms with Crippen molar-refractivity contribution in [2.24, 2.45) is 23.5 Å². The number of para-hydroxylation sites is 1. The molecule has 1 amide bonds. The van der Waals surface area contributed by atoms with Crippen LogP contribution < -0.4 is 16.0 Å². The molecule has 1 aliphatic heterocycles. The molecule has 0 unspecified atom stereocenters. The van der Waals surface area contributed by atoms with Gasteiger partial charge in [-0.1, -0.05) is 18.2 Å². The Kier molecular flexibility index (Phi) is 14.4. The van der Waals surface area contributed by atoms with Gasteiger partial charge in [-0.05, 0) is 102 Å². The highest BCUT2D eigenvalue weighted by molar-refractivity contribution is 6.07. The number of aromatic nitrogens is 1. The van der Waals surface area contributed by atoms with Gasteiger partial charge in [0.25, 0.3) is 5.91 Å². The number of benzene rings is 1. The maximum atomic E-state index is 13.3. The summed E-state index contributed by atoms with van der Waals surface area (Å²) in [7, 11) is 4.29. The second kappa shape index (κ2) is 15.8. The third kappa shape index (κ3) is 8.63. The number of anilines is 1. The molecule has 4 rings (SSSR count). The Bertz CT molecular complexity index is 929. The van der Waals surface area contributed by atoms with Gasteiger partial charge in [-0.2, -0.15) is 0 Å². The predicted molar refractivity (Wildman–Crippen MR) is 158 cm³/mol. The molecule has 3 N–H and O–H groups in total. The Morgan fingerprint density at radius 1 is 1.00 bits per heavy atom. The number of hydrogen-bond donors (Lipinski definition) is 2. The van der Waals surface area contributed by atoms with Crippen molar-refractivity contribution in [3.05, 3.63) is 35.9 Å². The lowest BCUT2D eigenvalue weighted by Crippen LogP contribution is -2.36.